The van der Waals surface area contributed by atoms with Crippen molar-refractivity contribution in [2.75, 3.05) is 4.90 Å². The molecule has 0 fully saturated rings. The molecule has 1 atom stereocenters. The van der Waals surface area contributed by atoms with Crippen LogP contribution in [0, 0.1) is 0 Å². The molecule has 11 rings (SSSR count). The van der Waals surface area contributed by atoms with Crippen LogP contribution in [0.5, 0.6) is 0 Å². The number of aryl methyl sites for hydroxylation is 1. The number of hydrogen-bond acceptors (Lipinski definition) is 2. The van der Waals surface area contributed by atoms with E-state index in [1.54, 1.807) is 0 Å². The zero-order valence-corrected chi connectivity index (χ0v) is 31.5. The van der Waals surface area contributed by atoms with Crippen molar-refractivity contribution in [3.63, 3.8) is 0 Å². The molecule has 2 nitrogen and oxygen atoms in total. The molecular weight excluding hydrogens is 691 g/mol. The number of nitrogens with zero attached hydrogens (tertiary/aromatic N) is 1. The lowest BCUT2D eigenvalue weighted by atomic mass is 9.82. The number of para-hydroxylation sites is 2. The average molecular weight is 730 g/mol. The highest BCUT2D eigenvalue weighted by atomic mass is 16.3. The molecule has 0 radical (unpaired) electrons. The maximum Gasteiger partial charge on any atom is 0.136 e. The van der Waals surface area contributed by atoms with Gasteiger partial charge >= 0.3 is 0 Å². The van der Waals surface area contributed by atoms with Crippen molar-refractivity contribution >= 4 is 49.8 Å². The van der Waals surface area contributed by atoms with E-state index in [0.29, 0.717) is 0 Å². The minimum atomic E-state index is 0.190. The van der Waals surface area contributed by atoms with Gasteiger partial charge in [-0.1, -0.05) is 158 Å². The van der Waals surface area contributed by atoms with Crippen molar-refractivity contribution < 1.29 is 4.42 Å². The summed E-state index contributed by atoms with van der Waals surface area (Å²) in [5, 5.41) is 4.81. The molecule has 1 aliphatic carbocycles. The van der Waals surface area contributed by atoms with Gasteiger partial charge in [0.1, 0.15) is 11.2 Å². The molecule has 57 heavy (non-hydrogen) atoms. The Morgan fingerprint density at radius 3 is 1.88 bits per heavy atom. The van der Waals surface area contributed by atoms with Crippen molar-refractivity contribution in [3.8, 4) is 33.4 Å². The normalized spacial score (nSPS) is 13.6. The van der Waals surface area contributed by atoms with Crippen molar-refractivity contribution in [2.45, 2.75) is 18.8 Å². The van der Waals surface area contributed by atoms with Crippen molar-refractivity contribution in [3.05, 3.63) is 223 Å². The Kier molecular flexibility index (Phi) is 8.07. The molecule has 1 aliphatic rings. The standard InChI is InChI=1S/C55H39NO/c1-4-15-37(16-5-1)38-27-30-43(31-28-38)56(42-21-8-3-9-22-42)44-32-34-48-50(36-44)46(39-17-6-2-7-18-39)33-29-41-35-52-54(49-24-12-13-26-51(49)57-52)55(53(41)48)47-25-14-20-40-19-10-11-23-45(40)47/h1-28,30-32,34-36,46H,29,33H2. The van der Waals surface area contributed by atoms with E-state index in [9.17, 15) is 0 Å². The first-order valence-electron chi connectivity index (χ1n) is 19.9. The fourth-order valence-corrected chi connectivity index (χ4v) is 9.31. The number of fused-ring (bicyclic) bond motifs is 7. The number of hydrogen-bond donors (Lipinski definition) is 0. The highest BCUT2D eigenvalue weighted by Gasteiger charge is 2.30. The Bertz CT molecular complexity index is 3050. The number of rotatable bonds is 6. The van der Waals surface area contributed by atoms with E-state index in [-0.39, 0.29) is 5.92 Å². The fraction of sp³-hybridized carbons (Fsp3) is 0.0545. The van der Waals surface area contributed by atoms with E-state index in [4.69, 9.17) is 4.42 Å². The van der Waals surface area contributed by atoms with Crippen LogP contribution < -0.4 is 4.90 Å². The number of anilines is 3. The molecule has 10 aromatic rings. The SMILES string of the molecule is c1ccc(-c2ccc(N(c3ccccc3)c3ccc4c(c3)C(c3ccccc3)CCc3cc5oc6ccccc6c5c(-c5cccc6ccccc56)c3-4)cc2)cc1. The molecular formula is C55H39NO. The van der Waals surface area contributed by atoms with Gasteiger partial charge in [0.2, 0.25) is 0 Å². The Labute approximate surface area is 332 Å². The van der Waals surface area contributed by atoms with Crippen LogP contribution in [0.3, 0.4) is 0 Å². The lowest BCUT2D eigenvalue weighted by Crippen LogP contribution is -2.11. The number of benzene rings is 9. The minimum Gasteiger partial charge on any atom is -0.456 e. The van der Waals surface area contributed by atoms with Gasteiger partial charge in [0.25, 0.3) is 0 Å². The highest BCUT2D eigenvalue weighted by Crippen LogP contribution is 2.52. The van der Waals surface area contributed by atoms with E-state index in [2.05, 4.69) is 211 Å². The lowest BCUT2D eigenvalue weighted by molar-refractivity contribution is 0.667. The summed E-state index contributed by atoms with van der Waals surface area (Å²) >= 11 is 0. The molecule has 0 saturated heterocycles. The third kappa shape index (κ3) is 5.72. The molecule has 0 saturated carbocycles. The van der Waals surface area contributed by atoms with Crippen LogP contribution in [0.15, 0.2) is 211 Å². The van der Waals surface area contributed by atoms with Crippen LogP contribution in [0.2, 0.25) is 0 Å². The molecule has 0 aliphatic heterocycles. The van der Waals surface area contributed by atoms with Gasteiger partial charge in [0.15, 0.2) is 0 Å². The zero-order valence-electron chi connectivity index (χ0n) is 31.5. The minimum absolute atomic E-state index is 0.190. The second kappa shape index (κ2) is 13.8. The topological polar surface area (TPSA) is 16.4 Å². The molecule has 2 heteroatoms. The van der Waals surface area contributed by atoms with Crippen molar-refractivity contribution in [1.82, 2.24) is 0 Å². The molecule has 0 amide bonds. The van der Waals surface area contributed by atoms with Gasteiger partial charge in [-0.3, -0.25) is 0 Å². The molecule has 0 N–H and O–H groups in total. The second-order valence-electron chi connectivity index (χ2n) is 15.1. The highest BCUT2D eigenvalue weighted by molar-refractivity contribution is 6.19. The predicted molar refractivity (Wildman–Crippen MR) is 239 cm³/mol. The summed E-state index contributed by atoms with van der Waals surface area (Å²) in [6.07, 6.45) is 1.90. The summed E-state index contributed by atoms with van der Waals surface area (Å²) in [7, 11) is 0. The molecule has 270 valence electrons. The van der Waals surface area contributed by atoms with Crippen LogP contribution in [0.4, 0.5) is 17.1 Å². The first-order valence-corrected chi connectivity index (χ1v) is 19.9. The maximum atomic E-state index is 6.71. The van der Waals surface area contributed by atoms with E-state index in [0.717, 1.165) is 46.5 Å². The van der Waals surface area contributed by atoms with E-state index in [1.165, 1.54) is 66.2 Å². The van der Waals surface area contributed by atoms with Gasteiger partial charge in [-0.05, 0) is 117 Å². The third-order valence-electron chi connectivity index (χ3n) is 11.9. The molecule has 1 aromatic heterocycles. The molecule has 9 aromatic carbocycles. The van der Waals surface area contributed by atoms with Gasteiger partial charge in [-0.25, -0.2) is 0 Å². The Hall–Kier alpha value is -7.16. The third-order valence-corrected chi connectivity index (χ3v) is 11.9. The summed E-state index contributed by atoms with van der Waals surface area (Å²) < 4.78 is 6.71. The van der Waals surface area contributed by atoms with Crippen LogP contribution in [0.25, 0.3) is 66.1 Å². The first kappa shape index (κ1) is 33.2. The van der Waals surface area contributed by atoms with E-state index < -0.39 is 0 Å². The molecule has 1 heterocycles. The summed E-state index contributed by atoms with van der Waals surface area (Å²) in [6, 6.07) is 75.1. The summed E-state index contributed by atoms with van der Waals surface area (Å²) in [4.78, 5) is 2.40. The van der Waals surface area contributed by atoms with Crippen LogP contribution in [-0.2, 0) is 6.42 Å². The first-order chi connectivity index (χ1) is 28.3. The summed E-state index contributed by atoms with van der Waals surface area (Å²) in [6.45, 7) is 0. The van der Waals surface area contributed by atoms with Gasteiger partial charge in [0.05, 0.1) is 0 Å². The smallest absolute Gasteiger partial charge is 0.136 e. The quantitative estimate of drug-likeness (QED) is 0.169. The second-order valence-corrected chi connectivity index (χ2v) is 15.1. The molecule has 1 unspecified atom stereocenters. The van der Waals surface area contributed by atoms with Gasteiger partial charge in [0, 0.05) is 39.3 Å². The summed E-state index contributed by atoms with van der Waals surface area (Å²) in [5.41, 5.74) is 16.7. The average Bonchev–Trinajstić information content (AvgIpc) is 3.57. The van der Waals surface area contributed by atoms with E-state index in [1.807, 2.05) is 0 Å². The predicted octanol–water partition coefficient (Wildman–Crippen LogP) is 15.3. The number of furan rings is 1. The van der Waals surface area contributed by atoms with Gasteiger partial charge in [-0.2, -0.15) is 0 Å². The van der Waals surface area contributed by atoms with Crippen molar-refractivity contribution in [2.24, 2.45) is 0 Å². The lowest BCUT2D eigenvalue weighted by Gasteiger charge is -2.28. The van der Waals surface area contributed by atoms with E-state index >= 15 is 0 Å². The fourth-order valence-electron chi connectivity index (χ4n) is 9.31. The Balaban J connectivity index is 1.19. The van der Waals surface area contributed by atoms with Crippen molar-refractivity contribution in [1.29, 1.82) is 0 Å². The Morgan fingerprint density at radius 2 is 1.07 bits per heavy atom. The largest absolute Gasteiger partial charge is 0.456 e. The van der Waals surface area contributed by atoms with Gasteiger partial charge in [-0.15, -0.1) is 0 Å². The zero-order chi connectivity index (χ0) is 37.7. The Morgan fingerprint density at radius 1 is 0.439 bits per heavy atom. The van der Waals surface area contributed by atoms with Crippen LogP contribution >= 0.6 is 0 Å². The monoisotopic (exact) mass is 729 g/mol. The maximum absolute atomic E-state index is 6.71. The van der Waals surface area contributed by atoms with Crippen LogP contribution in [0.1, 0.15) is 29.0 Å². The molecule has 0 spiro atoms. The summed E-state index contributed by atoms with van der Waals surface area (Å²) in [5.74, 6) is 0.190. The molecule has 0 bridgehead atoms. The van der Waals surface area contributed by atoms with Gasteiger partial charge < -0.3 is 9.32 Å². The van der Waals surface area contributed by atoms with Crippen LogP contribution in [-0.4, -0.2) is 0 Å².